The van der Waals surface area contributed by atoms with Gasteiger partial charge >= 0.3 is 12.1 Å². The van der Waals surface area contributed by atoms with E-state index in [-0.39, 0.29) is 24.4 Å². The maximum atomic E-state index is 13.4. The first-order chi connectivity index (χ1) is 16.6. The SMILES string of the molecule is Cc1cccc2c1CC=C2C1CCN(S(=O)(=O)c2ccc3c(c2)CN(C(=O)C(F)(F)F)CC3)CC1. The van der Waals surface area contributed by atoms with E-state index in [1.807, 2.05) is 0 Å². The summed E-state index contributed by atoms with van der Waals surface area (Å²) in [6, 6.07) is 10.9. The molecule has 9 heteroatoms. The zero-order valence-corrected chi connectivity index (χ0v) is 20.3. The number of nitrogens with zero attached hydrogens (tertiary/aromatic N) is 2. The van der Waals surface area contributed by atoms with Crippen molar-refractivity contribution in [1.29, 1.82) is 0 Å². The Morgan fingerprint density at radius 2 is 1.77 bits per heavy atom. The molecule has 5 rings (SSSR count). The van der Waals surface area contributed by atoms with Gasteiger partial charge in [0.2, 0.25) is 10.0 Å². The monoisotopic (exact) mass is 504 g/mol. The number of aryl methyl sites for hydroxylation is 1. The second-order valence-electron chi connectivity index (χ2n) is 9.55. The molecule has 1 amide bonds. The Labute approximate surface area is 203 Å². The fourth-order valence-corrected chi connectivity index (χ4v) is 7.08. The molecule has 5 nitrogen and oxygen atoms in total. The molecule has 35 heavy (non-hydrogen) atoms. The molecule has 2 aromatic rings. The Morgan fingerprint density at radius 1 is 1.03 bits per heavy atom. The number of carbonyl (C=O) groups excluding carboxylic acids is 1. The minimum absolute atomic E-state index is 0.0382. The van der Waals surface area contributed by atoms with E-state index in [4.69, 9.17) is 0 Å². The van der Waals surface area contributed by atoms with Gasteiger partial charge in [-0.3, -0.25) is 4.79 Å². The fourth-order valence-electron chi connectivity index (χ4n) is 5.56. The molecule has 186 valence electrons. The number of hydrogen-bond donors (Lipinski definition) is 0. The van der Waals surface area contributed by atoms with Gasteiger partial charge in [-0.05, 0) is 84.0 Å². The number of halogens is 3. The van der Waals surface area contributed by atoms with E-state index < -0.39 is 22.1 Å². The smallest absolute Gasteiger partial charge is 0.330 e. The third-order valence-electron chi connectivity index (χ3n) is 7.50. The average Bonchev–Trinajstić information content (AvgIpc) is 3.28. The van der Waals surface area contributed by atoms with Crippen molar-refractivity contribution in [2.75, 3.05) is 19.6 Å². The number of hydrogen-bond acceptors (Lipinski definition) is 3. The van der Waals surface area contributed by atoms with E-state index in [1.54, 1.807) is 6.07 Å². The molecule has 2 aromatic carbocycles. The van der Waals surface area contributed by atoms with Crippen LogP contribution in [0.15, 0.2) is 47.4 Å². The van der Waals surface area contributed by atoms with Crippen molar-refractivity contribution in [3.63, 3.8) is 0 Å². The van der Waals surface area contributed by atoms with Gasteiger partial charge in [0.25, 0.3) is 0 Å². The van der Waals surface area contributed by atoms with Gasteiger partial charge in [0.1, 0.15) is 0 Å². The van der Waals surface area contributed by atoms with Gasteiger partial charge in [-0.15, -0.1) is 0 Å². The Kier molecular flexibility index (Phi) is 6.04. The van der Waals surface area contributed by atoms with Crippen molar-refractivity contribution in [3.8, 4) is 0 Å². The summed E-state index contributed by atoms with van der Waals surface area (Å²) < 4.78 is 66.8. The molecule has 0 radical (unpaired) electrons. The number of alkyl halides is 3. The standard InChI is InChI=1S/C26H27F3N2O3S/c1-17-3-2-4-24-22(17)7-8-23(24)19-10-13-31(14-11-19)35(33,34)21-6-5-18-9-12-30(16-20(18)15-21)25(32)26(27,28)29/h2-6,8,15,19H,7,9-14,16H2,1H3. The second-order valence-corrected chi connectivity index (χ2v) is 11.5. The zero-order chi connectivity index (χ0) is 25.0. The zero-order valence-electron chi connectivity index (χ0n) is 19.4. The van der Waals surface area contributed by atoms with Crippen molar-refractivity contribution in [2.45, 2.75) is 50.2 Å². The first kappa shape index (κ1) is 24.1. The predicted molar refractivity (Wildman–Crippen MR) is 126 cm³/mol. The van der Waals surface area contributed by atoms with Gasteiger partial charge in [-0.2, -0.15) is 17.5 Å². The number of benzene rings is 2. The highest BCUT2D eigenvalue weighted by Crippen LogP contribution is 2.40. The molecule has 0 bridgehead atoms. The quantitative estimate of drug-likeness (QED) is 0.619. The molecule has 3 aliphatic rings. The lowest BCUT2D eigenvalue weighted by atomic mass is 9.86. The summed E-state index contributed by atoms with van der Waals surface area (Å²) in [7, 11) is -3.79. The van der Waals surface area contributed by atoms with E-state index >= 15 is 0 Å². The van der Waals surface area contributed by atoms with Crippen LogP contribution in [0.4, 0.5) is 13.2 Å². The van der Waals surface area contributed by atoms with Crippen LogP contribution >= 0.6 is 0 Å². The largest absolute Gasteiger partial charge is 0.471 e. The molecule has 0 aromatic heterocycles. The number of amides is 1. The number of sulfonamides is 1. The normalized spacial score (nSPS) is 19.3. The van der Waals surface area contributed by atoms with Crippen molar-refractivity contribution in [3.05, 3.63) is 70.3 Å². The lowest BCUT2D eigenvalue weighted by molar-refractivity contribution is -0.186. The molecule has 1 saturated heterocycles. The summed E-state index contributed by atoms with van der Waals surface area (Å²) in [5.74, 6) is -1.59. The van der Waals surface area contributed by atoms with Gasteiger partial charge in [-0.1, -0.05) is 30.3 Å². The van der Waals surface area contributed by atoms with Gasteiger partial charge < -0.3 is 4.90 Å². The molecule has 1 aliphatic carbocycles. The van der Waals surface area contributed by atoms with Crippen LogP contribution in [0.25, 0.3) is 5.57 Å². The topological polar surface area (TPSA) is 57.7 Å². The highest BCUT2D eigenvalue weighted by molar-refractivity contribution is 7.89. The minimum Gasteiger partial charge on any atom is -0.330 e. The van der Waals surface area contributed by atoms with Crippen LogP contribution in [0.3, 0.4) is 0 Å². The van der Waals surface area contributed by atoms with Crippen LogP contribution in [0, 0.1) is 12.8 Å². The lowest BCUT2D eigenvalue weighted by Gasteiger charge is -2.33. The molecule has 0 spiro atoms. The van der Waals surface area contributed by atoms with Crippen molar-refractivity contribution >= 4 is 21.5 Å². The van der Waals surface area contributed by atoms with Crippen LogP contribution in [-0.4, -0.2) is 49.3 Å². The highest BCUT2D eigenvalue weighted by Gasteiger charge is 2.43. The van der Waals surface area contributed by atoms with Gasteiger partial charge in [-0.25, -0.2) is 8.42 Å². The number of fused-ring (bicyclic) bond motifs is 2. The Hall–Kier alpha value is -2.65. The molecule has 0 unspecified atom stereocenters. The van der Waals surface area contributed by atoms with Gasteiger partial charge in [0, 0.05) is 26.2 Å². The molecule has 0 saturated carbocycles. The summed E-state index contributed by atoms with van der Waals surface area (Å²) in [6.07, 6.45) is -0.0598. The van der Waals surface area contributed by atoms with Crippen LogP contribution < -0.4 is 0 Å². The molecule has 1 fully saturated rings. The minimum atomic E-state index is -4.94. The third kappa shape index (κ3) is 4.40. The van der Waals surface area contributed by atoms with Crippen molar-refractivity contribution < 1.29 is 26.4 Å². The predicted octanol–water partition coefficient (Wildman–Crippen LogP) is 4.48. The molecule has 0 N–H and O–H groups in total. The summed E-state index contributed by atoms with van der Waals surface area (Å²) in [6.45, 7) is 2.61. The molecule has 2 heterocycles. The van der Waals surface area contributed by atoms with Crippen LogP contribution in [0.1, 0.15) is 40.7 Å². The Morgan fingerprint density at radius 3 is 2.49 bits per heavy atom. The maximum absolute atomic E-state index is 13.4. The third-order valence-corrected chi connectivity index (χ3v) is 9.39. The fraction of sp³-hybridized carbons (Fsp3) is 0.423. The molecular formula is C26H27F3N2O3S. The van der Waals surface area contributed by atoms with Crippen LogP contribution in [-0.2, 0) is 34.2 Å². The highest BCUT2D eigenvalue weighted by atomic mass is 32.2. The first-order valence-electron chi connectivity index (χ1n) is 11.8. The molecular weight excluding hydrogens is 477 g/mol. The summed E-state index contributed by atoms with van der Waals surface area (Å²) in [5, 5.41) is 0. The second kappa shape index (κ2) is 8.78. The Bertz CT molecular complexity index is 1310. The van der Waals surface area contributed by atoms with Crippen molar-refractivity contribution in [2.24, 2.45) is 5.92 Å². The van der Waals surface area contributed by atoms with E-state index in [0.29, 0.717) is 24.6 Å². The van der Waals surface area contributed by atoms with E-state index in [1.165, 1.54) is 38.7 Å². The number of carbonyl (C=O) groups is 1. The summed E-state index contributed by atoms with van der Waals surface area (Å²) >= 11 is 0. The molecule has 0 atom stereocenters. The summed E-state index contributed by atoms with van der Waals surface area (Å²) in [5.41, 5.74) is 6.44. The van der Waals surface area contributed by atoms with Gasteiger partial charge in [0.15, 0.2) is 0 Å². The van der Waals surface area contributed by atoms with Crippen molar-refractivity contribution in [1.82, 2.24) is 9.21 Å². The maximum Gasteiger partial charge on any atom is 0.471 e. The summed E-state index contributed by atoms with van der Waals surface area (Å²) in [4.78, 5) is 12.5. The first-order valence-corrected chi connectivity index (χ1v) is 13.3. The lowest BCUT2D eigenvalue weighted by Crippen LogP contribution is -2.43. The number of rotatable bonds is 3. The van der Waals surface area contributed by atoms with Crippen LogP contribution in [0.5, 0.6) is 0 Å². The number of allylic oxidation sites excluding steroid dienone is 2. The average molecular weight is 505 g/mol. The van der Waals surface area contributed by atoms with Gasteiger partial charge in [0.05, 0.1) is 4.90 Å². The number of piperidine rings is 1. The van der Waals surface area contributed by atoms with Crippen LogP contribution in [0.2, 0.25) is 0 Å². The van der Waals surface area contributed by atoms with E-state index in [0.717, 1.165) is 29.7 Å². The van der Waals surface area contributed by atoms with E-state index in [2.05, 4.69) is 31.2 Å². The van der Waals surface area contributed by atoms with E-state index in [9.17, 15) is 26.4 Å². The Balaban J connectivity index is 1.30. The molecule has 2 aliphatic heterocycles.